The maximum Gasteiger partial charge on any atom is 0.319 e. The van der Waals surface area contributed by atoms with Gasteiger partial charge in [-0.25, -0.2) is 4.79 Å². The smallest absolute Gasteiger partial charge is 0.319 e. The van der Waals surface area contributed by atoms with Crippen LogP contribution in [0.4, 0.5) is 16.2 Å². The molecule has 6 nitrogen and oxygen atoms in total. The van der Waals surface area contributed by atoms with Crippen molar-refractivity contribution < 1.29 is 14.3 Å². The summed E-state index contributed by atoms with van der Waals surface area (Å²) in [6, 6.07) is 12.7. The Labute approximate surface area is 153 Å². The summed E-state index contributed by atoms with van der Waals surface area (Å²) in [6.07, 6.45) is 0.979. The molecule has 0 fully saturated rings. The van der Waals surface area contributed by atoms with Gasteiger partial charge in [0.05, 0.1) is 18.8 Å². The number of rotatable bonds is 6. The van der Waals surface area contributed by atoms with E-state index >= 15 is 0 Å². The van der Waals surface area contributed by atoms with Crippen molar-refractivity contribution in [2.24, 2.45) is 0 Å². The van der Waals surface area contributed by atoms with E-state index in [1.54, 1.807) is 18.2 Å². The van der Waals surface area contributed by atoms with Gasteiger partial charge >= 0.3 is 6.03 Å². The molecule has 0 radical (unpaired) electrons. The zero-order chi connectivity index (χ0) is 19.1. The SMILES string of the molecule is CCc1ccc([C@@H](C)NC(=O)Nc2cc(NC(C)=O)ccc2OC)cc1. The highest BCUT2D eigenvalue weighted by atomic mass is 16.5. The number of amides is 3. The molecule has 0 heterocycles. The molecular formula is C20H25N3O3. The molecular weight excluding hydrogens is 330 g/mol. The Kier molecular flexibility index (Phi) is 6.60. The van der Waals surface area contributed by atoms with E-state index in [0.29, 0.717) is 17.1 Å². The minimum atomic E-state index is -0.352. The van der Waals surface area contributed by atoms with Crippen molar-refractivity contribution in [2.45, 2.75) is 33.2 Å². The third-order valence-electron chi connectivity index (χ3n) is 4.00. The van der Waals surface area contributed by atoms with Gasteiger partial charge in [-0.05, 0) is 42.7 Å². The average Bonchev–Trinajstić information content (AvgIpc) is 2.61. The number of nitrogens with one attached hydrogen (secondary N) is 3. The summed E-state index contributed by atoms with van der Waals surface area (Å²) in [5.41, 5.74) is 3.34. The van der Waals surface area contributed by atoms with Crippen LogP contribution in [0.3, 0.4) is 0 Å². The summed E-state index contributed by atoms with van der Waals surface area (Å²) in [5, 5.41) is 8.35. The Morgan fingerprint density at radius 1 is 1.08 bits per heavy atom. The zero-order valence-corrected chi connectivity index (χ0v) is 15.6. The Balaban J connectivity index is 2.06. The molecule has 0 aromatic heterocycles. The van der Waals surface area contributed by atoms with Gasteiger partial charge in [0.1, 0.15) is 5.75 Å². The van der Waals surface area contributed by atoms with Crippen LogP contribution in [-0.4, -0.2) is 19.0 Å². The topological polar surface area (TPSA) is 79.5 Å². The fourth-order valence-electron chi connectivity index (χ4n) is 2.57. The molecule has 0 saturated carbocycles. The van der Waals surface area contributed by atoms with Crippen LogP contribution in [0.1, 0.15) is 37.9 Å². The monoisotopic (exact) mass is 355 g/mol. The van der Waals surface area contributed by atoms with Gasteiger partial charge in [-0.3, -0.25) is 4.79 Å². The first-order chi connectivity index (χ1) is 12.4. The van der Waals surface area contributed by atoms with Gasteiger partial charge in [0.15, 0.2) is 0 Å². The number of benzene rings is 2. The van der Waals surface area contributed by atoms with E-state index in [1.165, 1.54) is 19.6 Å². The van der Waals surface area contributed by atoms with Crippen LogP contribution >= 0.6 is 0 Å². The van der Waals surface area contributed by atoms with E-state index in [4.69, 9.17) is 4.74 Å². The maximum atomic E-state index is 12.4. The molecule has 0 aliphatic heterocycles. The Hall–Kier alpha value is -3.02. The molecule has 0 aliphatic carbocycles. The second-order valence-electron chi connectivity index (χ2n) is 6.01. The van der Waals surface area contributed by atoms with Crippen molar-refractivity contribution in [2.75, 3.05) is 17.7 Å². The Bertz CT molecular complexity index is 772. The summed E-state index contributed by atoms with van der Waals surface area (Å²) in [5.74, 6) is 0.323. The maximum absolute atomic E-state index is 12.4. The van der Waals surface area contributed by atoms with E-state index < -0.39 is 0 Å². The van der Waals surface area contributed by atoms with Gasteiger partial charge in [0.2, 0.25) is 5.91 Å². The highest BCUT2D eigenvalue weighted by Gasteiger charge is 2.12. The summed E-state index contributed by atoms with van der Waals surface area (Å²) in [4.78, 5) is 23.6. The molecule has 2 rings (SSSR count). The largest absolute Gasteiger partial charge is 0.495 e. The van der Waals surface area contributed by atoms with E-state index in [1.807, 2.05) is 19.1 Å². The first kappa shape index (κ1) is 19.3. The third kappa shape index (κ3) is 5.24. The number of aryl methyl sites for hydroxylation is 1. The molecule has 3 N–H and O–H groups in total. The van der Waals surface area contributed by atoms with Crippen LogP contribution in [-0.2, 0) is 11.2 Å². The molecule has 0 aliphatic rings. The van der Waals surface area contributed by atoms with Crippen molar-refractivity contribution in [3.63, 3.8) is 0 Å². The molecule has 0 spiro atoms. The van der Waals surface area contributed by atoms with Crippen LogP contribution < -0.4 is 20.7 Å². The van der Waals surface area contributed by atoms with Crippen molar-refractivity contribution in [3.8, 4) is 5.75 Å². The molecule has 0 saturated heterocycles. The zero-order valence-electron chi connectivity index (χ0n) is 15.6. The molecule has 0 bridgehead atoms. The summed E-state index contributed by atoms with van der Waals surface area (Å²) in [7, 11) is 1.52. The Morgan fingerprint density at radius 2 is 1.77 bits per heavy atom. The fourth-order valence-corrected chi connectivity index (χ4v) is 2.57. The lowest BCUT2D eigenvalue weighted by Gasteiger charge is -2.17. The quantitative estimate of drug-likeness (QED) is 0.730. The normalized spacial score (nSPS) is 11.4. The number of hydrogen-bond donors (Lipinski definition) is 3. The van der Waals surface area contributed by atoms with Crippen LogP contribution in [0, 0.1) is 0 Å². The lowest BCUT2D eigenvalue weighted by molar-refractivity contribution is -0.114. The molecule has 2 aromatic carbocycles. The number of methoxy groups -OCH3 is 1. The molecule has 6 heteroatoms. The molecule has 26 heavy (non-hydrogen) atoms. The van der Waals surface area contributed by atoms with E-state index in [0.717, 1.165) is 12.0 Å². The first-order valence-corrected chi connectivity index (χ1v) is 8.55. The Morgan fingerprint density at radius 3 is 2.35 bits per heavy atom. The summed E-state index contributed by atoms with van der Waals surface area (Å²) < 4.78 is 5.27. The number of carbonyl (C=O) groups excluding carboxylic acids is 2. The highest BCUT2D eigenvalue weighted by Crippen LogP contribution is 2.28. The predicted molar refractivity (Wildman–Crippen MR) is 104 cm³/mol. The van der Waals surface area contributed by atoms with Crippen molar-refractivity contribution in [1.29, 1.82) is 0 Å². The summed E-state index contributed by atoms with van der Waals surface area (Å²) >= 11 is 0. The van der Waals surface area contributed by atoms with Crippen molar-refractivity contribution >= 4 is 23.3 Å². The van der Waals surface area contributed by atoms with Gasteiger partial charge in [0, 0.05) is 12.6 Å². The van der Waals surface area contributed by atoms with Crippen molar-refractivity contribution in [3.05, 3.63) is 53.6 Å². The average molecular weight is 355 g/mol. The highest BCUT2D eigenvalue weighted by molar-refractivity contribution is 5.94. The van der Waals surface area contributed by atoms with Crippen LogP contribution in [0.25, 0.3) is 0 Å². The minimum Gasteiger partial charge on any atom is -0.495 e. The number of urea groups is 1. The molecule has 138 valence electrons. The minimum absolute atomic E-state index is 0.148. The van der Waals surface area contributed by atoms with Crippen LogP contribution in [0.15, 0.2) is 42.5 Å². The van der Waals surface area contributed by atoms with E-state index in [2.05, 4.69) is 35.0 Å². The van der Waals surface area contributed by atoms with E-state index in [-0.39, 0.29) is 18.0 Å². The first-order valence-electron chi connectivity index (χ1n) is 8.55. The number of carbonyl (C=O) groups is 2. The fraction of sp³-hybridized carbons (Fsp3) is 0.300. The number of ether oxygens (including phenoxy) is 1. The standard InChI is InChI=1S/C20H25N3O3/c1-5-15-6-8-16(9-7-15)13(2)21-20(25)23-18-12-17(22-14(3)24)10-11-19(18)26-4/h6-13H,5H2,1-4H3,(H,22,24)(H2,21,23,25)/t13-/m1/s1. The molecule has 0 unspecified atom stereocenters. The van der Waals surface area contributed by atoms with Crippen LogP contribution in [0.2, 0.25) is 0 Å². The second-order valence-corrected chi connectivity index (χ2v) is 6.01. The molecule has 3 amide bonds. The van der Waals surface area contributed by atoms with Gasteiger partial charge < -0.3 is 20.7 Å². The van der Waals surface area contributed by atoms with Gasteiger partial charge in [-0.1, -0.05) is 31.2 Å². The lowest BCUT2D eigenvalue weighted by atomic mass is 10.1. The molecule has 2 aromatic rings. The lowest BCUT2D eigenvalue weighted by Crippen LogP contribution is -2.31. The third-order valence-corrected chi connectivity index (χ3v) is 4.00. The van der Waals surface area contributed by atoms with E-state index in [9.17, 15) is 9.59 Å². The van der Waals surface area contributed by atoms with Gasteiger partial charge in [0.25, 0.3) is 0 Å². The second kappa shape index (κ2) is 8.89. The number of anilines is 2. The predicted octanol–water partition coefficient (Wildman–Crippen LogP) is 4.10. The number of hydrogen-bond acceptors (Lipinski definition) is 3. The van der Waals surface area contributed by atoms with Gasteiger partial charge in [-0.15, -0.1) is 0 Å². The summed E-state index contributed by atoms with van der Waals surface area (Å²) in [6.45, 7) is 5.45. The van der Waals surface area contributed by atoms with Crippen molar-refractivity contribution in [1.82, 2.24) is 5.32 Å². The van der Waals surface area contributed by atoms with Gasteiger partial charge in [-0.2, -0.15) is 0 Å². The van der Waals surface area contributed by atoms with Crippen LogP contribution in [0.5, 0.6) is 5.75 Å². The molecule has 1 atom stereocenters.